The van der Waals surface area contributed by atoms with Gasteiger partial charge in [-0.1, -0.05) is 0 Å². The summed E-state index contributed by atoms with van der Waals surface area (Å²) in [5.74, 6) is -2.00. The SMILES string of the molecule is CN(C)CCCCNC(=O)Nc1ccc(C(=O)O)cc1F. The van der Waals surface area contributed by atoms with Gasteiger partial charge in [0.05, 0.1) is 11.3 Å². The van der Waals surface area contributed by atoms with Crippen molar-refractivity contribution in [3.8, 4) is 0 Å². The summed E-state index contributed by atoms with van der Waals surface area (Å²) >= 11 is 0. The number of carbonyl (C=O) groups is 2. The quantitative estimate of drug-likeness (QED) is 0.672. The molecule has 0 aliphatic rings. The van der Waals surface area contributed by atoms with Crippen LogP contribution in [0.25, 0.3) is 0 Å². The highest BCUT2D eigenvalue weighted by molar-refractivity contribution is 5.91. The monoisotopic (exact) mass is 297 g/mol. The maximum Gasteiger partial charge on any atom is 0.335 e. The number of urea groups is 1. The van der Waals surface area contributed by atoms with Crippen LogP contribution in [0.4, 0.5) is 14.9 Å². The van der Waals surface area contributed by atoms with Crippen molar-refractivity contribution in [2.75, 3.05) is 32.5 Å². The predicted octanol–water partition coefficient (Wildman–Crippen LogP) is 1.99. The molecule has 0 atom stereocenters. The molecule has 0 saturated heterocycles. The molecule has 3 N–H and O–H groups in total. The van der Waals surface area contributed by atoms with Gasteiger partial charge in [-0.05, 0) is 51.7 Å². The van der Waals surface area contributed by atoms with E-state index in [1.165, 1.54) is 12.1 Å². The zero-order chi connectivity index (χ0) is 15.8. The molecule has 1 aromatic carbocycles. The van der Waals surface area contributed by atoms with E-state index in [1.807, 2.05) is 14.1 Å². The lowest BCUT2D eigenvalue weighted by atomic mass is 10.2. The molecule has 1 rings (SSSR count). The summed E-state index contributed by atoms with van der Waals surface area (Å²) in [5, 5.41) is 13.7. The molecule has 7 heteroatoms. The minimum absolute atomic E-state index is 0.0502. The second kappa shape index (κ2) is 8.21. The van der Waals surface area contributed by atoms with Gasteiger partial charge >= 0.3 is 12.0 Å². The second-order valence-electron chi connectivity index (χ2n) is 4.89. The van der Waals surface area contributed by atoms with Crippen LogP contribution in [-0.4, -0.2) is 49.2 Å². The molecule has 0 spiro atoms. The van der Waals surface area contributed by atoms with Crippen LogP contribution in [-0.2, 0) is 0 Å². The van der Waals surface area contributed by atoms with Gasteiger partial charge in [-0.2, -0.15) is 0 Å². The molecule has 1 aromatic rings. The second-order valence-corrected chi connectivity index (χ2v) is 4.89. The smallest absolute Gasteiger partial charge is 0.335 e. The minimum Gasteiger partial charge on any atom is -0.478 e. The molecule has 21 heavy (non-hydrogen) atoms. The van der Waals surface area contributed by atoms with Crippen molar-refractivity contribution in [2.24, 2.45) is 0 Å². The highest BCUT2D eigenvalue weighted by Crippen LogP contribution is 2.15. The van der Waals surface area contributed by atoms with Gasteiger partial charge in [0.2, 0.25) is 0 Å². The Kier molecular flexibility index (Phi) is 6.61. The molecule has 0 aromatic heterocycles. The number of hydrogen-bond donors (Lipinski definition) is 3. The zero-order valence-corrected chi connectivity index (χ0v) is 12.1. The number of carboxylic acids is 1. The Morgan fingerprint density at radius 3 is 2.57 bits per heavy atom. The fourth-order valence-corrected chi connectivity index (χ4v) is 1.67. The third-order valence-electron chi connectivity index (χ3n) is 2.78. The summed E-state index contributed by atoms with van der Waals surface area (Å²) in [6.07, 6.45) is 1.78. The van der Waals surface area contributed by atoms with E-state index in [4.69, 9.17) is 5.11 Å². The molecular weight excluding hydrogens is 277 g/mol. The number of aromatic carboxylic acids is 1. The van der Waals surface area contributed by atoms with Gasteiger partial charge in [0, 0.05) is 6.54 Å². The van der Waals surface area contributed by atoms with Gasteiger partial charge in [0.25, 0.3) is 0 Å². The van der Waals surface area contributed by atoms with Crippen LogP contribution in [0.3, 0.4) is 0 Å². The topological polar surface area (TPSA) is 81.7 Å². The zero-order valence-electron chi connectivity index (χ0n) is 12.1. The standard InChI is InChI=1S/C14H20FN3O3/c1-18(2)8-4-3-7-16-14(21)17-12-6-5-10(13(19)20)9-11(12)15/h5-6,9H,3-4,7-8H2,1-2H3,(H,19,20)(H2,16,17,21). The molecule has 0 unspecified atom stereocenters. The summed E-state index contributed by atoms with van der Waals surface area (Å²) in [7, 11) is 3.95. The summed E-state index contributed by atoms with van der Waals surface area (Å²) in [6.45, 7) is 1.43. The van der Waals surface area contributed by atoms with Gasteiger partial charge in [-0.3, -0.25) is 0 Å². The lowest BCUT2D eigenvalue weighted by Crippen LogP contribution is -2.30. The van der Waals surface area contributed by atoms with Crippen molar-refractivity contribution in [1.82, 2.24) is 10.2 Å². The number of carbonyl (C=O) groups excluding carboxylic acids is 1. The number of halogens is 1. The van der Waals surface area contributed by atoms with Crippen LogP contribution in [0.2, 0.25) is 0 Å². The maximum absolute atomic E-state index is 13.6. The van der Waals surface area contributed by atoms with E-state index in [1.54, 1.807) is 0 Å². The highest BCUT2D eigenvalue weighted by atomic mass is 19.1. The number of anilines is 1. The lowest BCUT2D eigenvalue weighted by molar-refractivity contribution is 0.0696. The normalized spacial score (nSPS) is 10.5. The first-order valence-electron chi connectivity index (χ1n) is 6.62. The molecule has 0 saturated carbocycles. The molecule has 0 aliphatic heterocycles. The number of amides is 2. The van der Waals surface area contributed by atoms with Crippen LogP contribution >= 0.6 is 0 Å². The molecular formula is C14H20FN3O3. The summed E-state index contributed by atoms with van der Waals surface area (Å²) in [6, 6.07) is 2.82. The number of carboxylic acid groups (broad SMARTS) is 1. The fraction of sp³-hybridized carbons (Fsp3) is 0.429. The highest BCUT2D eigenvalue weighted by Gasteiger charge is 2.10. The first-order valence-corrected chi connectivity index (χ1v) is 6.62. The van der Waals surface area contributed by atoms with E-state index in [-0.39, 0.29) is 11.3 Å². The number of nitrogens with one attached hydrogen (secondary N) is 2. The average molecular weight is 297 g/mol. The predicted molar refractivity (Wildman–Crippen MR) is 78.2 cm³/mol. The largest absolute Gasteiger partial charge is 0.478 e. The van der Waals surface area contributed by atoms with Gasteiger partial charge in [-0.15, -0.1) is 0 Å². The summed E-state index contributed by atoms with van der Waals surface area (Å²) in [4.78, 5) is 24.3. The van der Waals surface area contributed by atoms with Crippen LogP contribution in [0.1, 0.15) is 23.2 Å². The van der Waals surface area contributed by atoms with E-state index in [0.717, 1.165) is 25.5 Å². The van der Waals surface area contributed by atoms with Gasteiger partial charge in [-0.25, -0.2) is 14.0 Å². The van der Waals surface area contributed by atoms with Crippen LogP contribution in [0, 0.1) is 5.82 Å². The van der Waals surface area contributed by atoms with Crippen molar-refractivity contribution in [1.29, 1.82) is 0 Å². The Morgan fingerprint density at radius 1 is 1.29 bits per heavy atom. The number of nitrogens with zero attached hydrogens (tertiary/aromatic N) is 1. The van der Waals surface area contributed by atoms with Crippen LogP contribution in [0.5, 0.6) is 0 Å². The molecule has 0 bridgehead atoms. The Labute approximate surface area is 122 Å². The first kappa shape index (κ1) is 16.9. The Morgan fingerprint density at radius 2 is 2.00 bits per heavy atom. The van der Waals surface area contributed by atoms with Crippen LogP contribution < -0.4 is 10.6 Å². The molecule has 0 heterocycles. The number of hydrogen-bond acceptors (Lipinski definition) is 3. The molecule has 116 valence electrons. The Bertz CT molecular complexity index is 506. The van der Waals surface area contributed by atoms with E-state index >= 15 is 0 Å². The van der Waals surface area contributed by atoms with Crippen molar-refractivity contribution < 1.29 is 19.1 Å². The third-order valence-corrected chi connectivity index (χ3v) is 2.78. The molecule has 0 radical (unpaired) electrons. The molecule has 6 nitrogen and oxygen atoms in total. The summed E-state index contributed by atoms with van der Waals surface area (Å²) in [5.41, 5.74) is -0.215. The van der Waals surface area contributed by atoms with Gasteiger partial charge < -0.3 is 20.6 Å². The average Bonchev–Trinajstić information content (AvgIpc) is 2.40. The van der Waals surface area contributed by atoms with Crippen molar-refractivity contribution in [3.05, 3.63) is 29.6 Å². The van der Waals surface area contributed by atoms with E-state index in [0.29, 0.717) is 6.54 Å². The Balaban J connectivity index is 2.39. The minimum atomic E-state index is -1.22. The van der Waals surface area contributed by atoms with E-state index in [9.17, 15) is 14.0 Å². The van der Waals surface area contributed by atoms with Gasteiger partial charge in [0.15, 0.2) is 0 Å². The van der Waals surface area contributed by atoms with E-state index in [2.05, 4.69) is 15.5 Å². The van der Waals surface area contributed by atoms with Crippen molar-refractivity contribution in [2.45, 2.75) is 12.8 Å². The Hall–Kier alpha value is -2.15. The van der Waals surface area contributed by atoms with E-state index < -0.39 is 17.8 Å². The van der Waals surface area contributed by atoms with Crippen molar-refractivity contribution in [3.63, 3.8) is 0 Å². The van der Waals surface area contributed by atoms with Crippen LogP contribution in [0.15, 0.2) is 18.2 Å². The summed E-state index contributed by atoms with van der Waals surface area (Å²) < 4.78 is 13.6. The number of benzene rings is 1. The van der Waals surface area contributed by atoms with Gasteiger partial charge in [0.1, 0.15) is 5.82 Å². The molecule has 0 fully saturated rings. The number of rotatable bonds is 7. The molecule has 0 aliphatic carbocycles. The van der Waals surface area contributed by atoms with Crippen molar-refractivity contribution >= 4 is 17.7 Å². The third kappa shape index (κ3) is 6.22. The first-order chi connectivity index (χ1) is 9.90. The maximum atomic E-state index is 13.6. The lowest BCUT2D eigenvalue weighted by Gasteiger charge is -2.10. The fourth-order valence-electron chi connectivity index (χ4n) is 1.67. The number of unbranched alkanes of at least 4 members (excludes halogenated alkanes) is 1. The molecule has 2 amide bonds.